The summed E-state index contributed by atoms with van der Waals surface area (Å²) in [5, 5.41) is 4.12. The zero-order valence-corrected chi connectivity index (χ0v) is 9.77. The Bertz CT molecular complexity index is 324. The molecule has 3 unspecified atom stereocenters. The van der Waals surface area contributed by atoms with E-state index in [1.807, 2.05) is 11.8 Å². The number of hydrogen-bond acceptors (Lipinski definition) is 2. The Morgan fingerprint density at radius 1 is 1.21 bits per heavy atom. The van der Waals surface area contributed by atoms with E-state index in [9.17, 15) is 0 Å². The van der Waals surface area contributed by atoms with Crippen molar-refractivity contribution in [3.05, 3.63) is 29.8 Å². The monoisotopic (exact) mass is 207 g/mol. The van der Waals surface area contributed by atoms with Gasteiger partial charge in [-0.15, -0.1) is 11.8 Å². The maximum atomic E-state index is 3.43. The van der Waals surface area contributed by atoms with Crippen molar-refractivity contribution in [3.8, 4) is 0 Å². The van der Waals surface area contributed by atoms with Crippen LogP contribution in [0.15, 0.2) is 29.2 Å². The van der Waals surface area contributed by atoms with Gasteiger partial charge in [-0.2, -0.15) is 0 Å². The van der Waals surface area contributed by atoms with Crippen molar-refractivity contribution in [3.63, 3.8) is 0 Å². The molecule has 0 saturated carbocycles. The lowest BCUT2D eigenvalue weighted by Gasteiger charge is -2.35. The lowest BCUT2D eigenvalue weighted by molar-refractivity contribution is 0.396. The molecule has 0 saturated heterocycles. The van der Waals surface area contributed by atoms with Crippen molar-refractivity contribution in [2.75, 3.05) is 7.05 Å². The van der Waals surface area contributed by atoms with Crippen LogP contribution in [0.2, 0.25) is 0 Å². The highest BCUT2D eigenvalue weighted by Gasteiger charge is 2.30. The molecule has 0 spiro atoms. The summed E-state index contributed by atoms with van der Waals surface area (Å²) in [6.07, 6.45) is 0. The zero-order chi connectivity index (χ0) is 10.1. The number of benzene rings is 1. The third-order valence-electron chi connectivity index (χ3n) is 3.14. The van der Waals surface area contributed by atoms with Crippen molar-refractivity contribution in [2.45, 2.75) is 30.0 Å². The SMILES string of the molecule is CNC1c2ccccc2SC(C)C1C. The summed E-state index contributed by atoms with van der Waals surface area (Å²) in [5.41, 5.74) is 1.46. The zero-order valence-electron chi connectivity index (χ0n) is 8.95. The summed E-state index contributed by atoms with van der Waals surface area (Å²) in [6.45, 7) is 4.64. The summed E-state index contributed by atoms with van der Waals surface area (Å²) in [7, 11) is 2.06. The van der Waals surface area contributed by atoms with E-state index in [2.05, 4.69) is 50.5 Å². The molecule has 1 aromatic rings. The standard InChI is InChI=1S/C12H17NS/c1-8-9(2)14-11-7-5-4-6-10(11)12(8)13-3/h4-9,12-13H,1-3H3. The van der Waals surface area contributed by atoms with Gasteiger partial charge in [0.1, 0.15) is 0 Å². The van der Waals surface area contributed by atoms with Crippen LogP contribution in [-0.4, -0.2) is 12.3 Å². The van der Waals surface area contributed by atoms with Crippen LogP contribution in [0.5, 0.6) is 0 Å². The van der Waals surface area contributed by atoms with Crippen LogP contribution in [0.1, 0.15) is 25.5 Å². The fourth-order valence-corrected chi connectivity index (χ4v) is 3.39. The molecule has 2 rings (SSSR count). The van der Waals surface area contributed by atoms with Crippen molar-refractivity contribution >= 4 is 11.8 Å². The van der Waals surface area contributed by atoms with E-state index in [1.54, 1.807) is 0 Å². The van der Waals surface area contributed by atoms with Gasteiger partial charge in [-0.25, -0.2) is 0 Å². The molecule has 0 bridgehead atoms. The largest absolute Gasteiger partial charge is 0.313 e. The molecule has 1 nitrogen and oxygen atoms in total. The molecule has 1 aliphatic heterocycles. The van der Waals surface area contributed by atoms with Gasteiger partial charge in [-0.1, -0.05) is 32.0 Å². The lowest BCUT2D eigenvalue weighted by Crippen LogP contribution is -2.32. The summed E-state index contributed by atoms with van der Waals surface area (Å²) >= 11 is 2.00. The molecule has 2 heteroatoms. The predicted octanol–water partition coefficient (Wildman–Crippen LogP) is 3.08. The first kappa shape index (κ1) is 10.1. The van der Waals surface area contributed by atoms with Gasteiger partial charge in [0.15, 0.2) is 0 Å². The third-order valence-corrected chi connectivity index (χ3v) is 4.57. The molecule has 1 heterocycles. The average molecular weight is 207 g/mol. The Labute approximate surface area is 90.3 Å². The first-order valence-corrected chi connectivity index (χ1v) is 6.05. The van der Waals surface area contributed by atoms with Crippen LogP contribution in [0.25, 0.3) is 0 Å². The van der Waals surface area contributed by atoms with Crippen LogP contribution in [-0.2, 0) is 0 Å². The van der Waals surface area contributed by atoms with Gasteiger partial charge >= 0.3 is 0 Å². The van der Waals surface area contributed by atoms with Crippen molar-refractivity contribution in [2.24, 2.45) is 5.92 Å². The summed E-state index contributed by atoms with van der Waals surface area (Å²) in [4.78, 5) is 1.44. The topological polar surface area (TPSA) is 12.0 Å². The molecule has 1 N–H and O–H groups in total. The maximum Gasteiger partial charge on any atom is 0.0365 e. The van der Waals surface area contributed by atoms with Crippen LogP contribution >= 0.6 is 11.8 Å². The second-order valence-corrected chi connectivity index (χ2v) is 5.41. The highest BCUT2D eigenvalue weighted by atomic mass is 32.2. The minimum absolute atomic E-state index is 0.516. The number of fused-ring (bicyclic) bond motifs is 1. The van der Waals surface area contributed by atoms with E-state index in [0.717, 1.165) is 0 Å². The van der Waals surface area contributed by atoms with Crippen molar-refractivity contribution in [1.29, 1.82) is 0 Å². The summed E-state index contributed by atoms with van der Waals surface area (Å²) < 4.78 is 0. The predicted molar refractivity (Wildman–Crippen MR) is 62.7 cm³/mol. The molecule has 0 radical (unpaired) electrons. The Balaban J connectivity index is 2.42. The average Bonchev–Trinajstić information content (AvgIpc) is 2.20. The van der Waals surface area contributed by atoms with Gasteiger partial charge in [0, 0.05) is 16.2 Å². The minimum atomic E-state index is 0.516. The molecular weight excluding hydrogens is 190 g/mol. The smallest absolute Gasteiger partial charge is 0.0365 e. The Hall–Kier alpha value is -0.470. The van der Waals surface area contributed by atoms with Crippen LogP contribution < -0.4 is 5.32 Å². The summed E-state index contributed by atoms with van der Waals surface area (Å²) in [5.74, 6) is 0.694. The number of thioether (sulfide) groups is 1. The molecule has 0 amide bonds. The van der Waals surface area contributed by atoms with E-state index in [0.29, 0.717) is 17.2 Å². The molecule has 1 aliphatic rings. The molecule has 0 fully saturated rings. The molecule has 0 aliphatic carbocycles. The van der Waals surface area contributed by atoms with Gasteiger partial charge in [0.05, 0.1) is 0 Å². The van der Waals surface area contributed by atoms with Crippen LogP contribution in [0.4, 0.5) is 0 Å². The third kappa shape index (κ3) is 1.57. The second kappa shape index (κ2) is 3.95. The summed E-state index contributed by atoms with van der Waals surface area (Å²) in [6, 6.07) is 9.24. The van der Waals surface area contributed by atoms with E-state index < -0.39 is 0 Å². The Kier molecular flexibility index (Phi) is 2.84. The first-order valence-electron chi connectivity index (χ1n) is 5.17. The molecule has 1 aromatic carbocycles. The fourth-order valence-electron chi connectivity index (χ4n) is 2.13. The normalized spacial score (nSPS) is 31.2. The quantitative estimate of drug-likeness (QED) is 0.759. The first-order chi connectivity index (χ1) is 6.74. The van der Waals surface area contributed by atoms with E-state index in [-0.39, 0.29) is 0 Å². The van der Waals surface area contributed by atoms with E-state index in [4.69, 9.17) is 0 Å². The van der Waals surface area contributed by atoms with Crippen molar-refractivity contribution in [1.82, 2.24) is 5.32 Å². The number of hydrogen-bond donors (Lipinski definition) is 1. The Morgan fingerprint density at radius 3 is 2.64 bits per heavy atom. The van der Waals surface area contributed by atoms with E-state index in [1.165, 1.54) is 10.5 Å². The van der Waals surface area contributed by atoms with Gasteiger partial charge in [-0.3, -0.25) is 0 Å². The second-order valence-electron chi connectivity index (χ2n) is 3.99. The van der Waals surface area contributed by atoms with E-state index >= 15 is 0 Å². The highest BCUT2D eigenvalue weighted by molar-refractivity contribution is 8.00. The molecule has 0 aromatic heterocycles. The number of nitrogens with one attached hydrogen (secondary N) is 1. The molecule has 14 heavy (non-hydrogen) atoms. The molecular formula is C12H17NS. The van der Waals surface area contributed by atoms with Gasteiger partial charge in [-0.05, 0) is 24.6 Å². The van der Waals surface area contributed by atoms with Gasteiger partial charge < -0.3 is 5.32 Å². The van der Waals surface area contributed by atoms with Gasteiger partial charge in [0.2, 0.25) is 0 Å². The Morgan fingerprint density at radius 2 is 1.93 bits per heavy atom. The van der Waals surface area contributed by atoms with Gasteiger partial charge in [0.25, 0.3) is 0 Å². The number of rotatable bonds is 1. The van der Waals surface area contributed by atoms with Crippen LogP contribution in [0.3, 0.4) is 0 Å². The van der Waals surface area contributed by atoms with Crippen LogP contribution in [0, 0.1) is 5.92 Å². The fraction of sp³-hybridized carbons (Fsp3) is 0.500. The maximum absolute atomic E-state index is 3.43. The highest BCUT2D eigenvalue weighted by Crippen LogP contribution is 2.43. The van der Waals surface area contributed by atoms with Crippen molar-refractivity contribution < 1.29 is 0 Å². The lowest BCUT2D eigenvalue weighted by atomic mass is 9.91. The minimum Gasteiger partial charge on any atom is -0.313 e. The molecule has 3 atom stereocenters. The molecule has 76 valence electrons.